The van der Waals surface area contributed by atoms with Gasteiger partial charge in [0.2, 0.25) is 0 Å². The normalized spacial score (nSPS) is 10.6. The molecular weight excluding hydrogens is 284 g/mol. The molecule has 4 heteroatoms. The quantitative estimate of drug-likeness (QED) is 0.787. The molecule has 1 N–H and O–H groups in total. The minimum Gasteiger partial charge on any atom is -0.493 e. The lowest BCUT2D eigenvalue weighted by Gasteiger charge is -2.13. The van der Waals surface area contributed by atoms with E-state index < -0.39 is 0 Å². The molecule has 0 bridgehead atoms. The molecule has 96 valence electrons. The first-order valence-corrected chi connectivity index (χ1v) is 6.50. The van der Waals surface area contributed by atoms with E-state index in [1.54, 1.807) is 7.11 Å². The molecule has 0 saturated heterocycles. The summed E-state index contributed by atoms with van der Waals surface area (Å²) in [6.07, 6.45) is 1.94. The van der Waals surface area contributed by atoms with Crippen LogP contribution in [0, 0.1) is 6.92 Å². The molecule has 0 heterocycles. The van der Waals surface area contributed by atoms with Gasteiger partial charge >= 0.3 is 0 Å². The lowest BCUT2D eigenvalue weighted by Crippen LogP contribution is -2.03. The van der Waals surface area contributed by atoms with Gasteiger partial charge in [-0.1, -0.05) is 15.9 Å². The first-order chi connectivity index (χ1) is 8.19. The summed E-state index contributed by atoms with van der Waals surface area (Å²) in [5, 5.41) is 9.29. The Morgan fingerprint density at radius 2 is 1.94 bits per heavy atom. The third kappa shape index (κ3) is 4.66. The maximum atomic E-state index is 9.29. The van der Waals surface area contributed by atoms with E-state index in [0.717, 1.165) is 40.8 Å². The Labute approximate surface area is 111 Å². The molecule has 0 saturated carbocycles. The Balaban J connectivity index is 2.57. The predicted octanol–water partition coefficient (Wildman–Crippen LogP) is 3.06. The average molecular weight is 303 g/mol. The highest BCUT2D eigenvalue weighted by Crippen LogP contribution is 2.28. The summed E-state index contributed by atoms with van der Waals surface area (Å²) in [6.45, 7) is 3.39. The van der Waals surface area contributed by atoms with Gasteiger partial charge in [0, 0.05) is 23.8 Å². The molecule has 0 atom stereocenters. The smallest absolute Gasteiger partial charge is 0.127 e. The Kier molecular flexibility index (Phi) is 6.55. The molecule has 0 amide bonds. The molecule has 1 rings (SSSR count). The van der Waals surface area contributed by atoms with Crippen LogP contribution in [0.25, 0.3) is 0 Å². The number of hydrogen-bond donors (Lipinski definition) is 1. The van der Waals surface area contributed by atoms with Crippen LogP contribution in [-0.4, -0.2) is 25.4 Å². The highest BCUT2D eigenvalue weighted by molar-refractivity contribution is 9.10. The van der Waals surface area contributed by atoms with Gasteiger partial charge in [0.1, 0.15) is 5.75 Å². The van der Waals surface area contributed by atoms with E-state index in [0.29, 0.717) is 6.61 Å². The van der Waals surface area contributed by atoms with E-state index >= 15 is 0 Å². The van der Waals surface area contributed by atoms with Crippen LogP contribution in [0.1, 0.15) is 24.0 Å². The molecule has 0 aliphatic rings. The van der Waals surface area contributed by atoms with E-state index in [4.69, 9.17) is 9.47 Å². The number of aliphatic hydroxyl groups excluding tert-OH is 1. The molecule has 0 fully saturated rings. The van der Waals surface area contributed by atoms with Crippen LogP contribution in [0.3, 0.4) is 0 Å². The van der Waals surface area contributed by atoms with Crippen molar-refractivity contribution in [2.24, 2.45) is 0 Å². The minimum atomic E-state index is -0.00627. The Hall–Kier alpha value is -0.580. The predicted molar refractivity (Wildman–Crippen MR) is 71.4 cm³/mol. The van der Waals surface area contributed by atoms with Gasteiger partial charge in [-0.25, -0.2) is 0 Å². The van der Waals surface area contributed by atoms with Gasteiger partial charge < -0.3 is 14.6 Å². The Morgan fingerprint density at radius 3 is 2.59 bits per heavy atom. The fourth-order valence-corrected chi connectivity index (χ4v) is 2.27. The average Bonchev–Trinajstić information content (AvgIpc) is 2.30. The van der Waals surface area contributed by atoms with Gasteiger partial charge in [-0.2, -0.15) is 0 Å². The number of ether oxygens (including phenoxy) is 2. The molecule has 17 heavy (non-hydrogen) atoms. The molecule has 0 aliphatic heterocycles. The van der Waals surface area contributed by atoms with Crippen LogP contribution < -0.4 is 4.74 Å². The highest BCUT2D eigenvalue weighted by atomic mass is 79.9. The van der Waals surface area contributed by atoms with Crippen LogP contribution in [0.2, 0.25) is 0 Å². The molecule has 1 aromatic carbocycles. The van der Waals surface area contributed by atoms with Crippen LogP contribution in [0.5, 0.6) is 5.75 Å². The number of benzene rings is 1. The fraction of sp³-hybridized carbons (Fsp3) is 0.538. The standard InChI is InChI=1S/C13H19BrO3/c1-10-7-12(14)8-11(9-15)13(10)17-6-4-3-5-16-2/h7-8,15H,3-6,9H2,1-2H3. The second-order valence-electron chi connectivity index (χ2n) is 3.92. The van der Waals surface area contributed by atoms with E-state index in [1.165, 1.54) is 0 Å². The van der Waals surface area contributed by atoms with Crippen LogP contribution in [0.4, 0.5) is 0 Å². The lowest BCUT2D eigenvalue weighted by molar-refractivity contribution is 0.183. The van der Waals surface area contributed by atoms with Gasteiger partial charge in [0.05, 0.1) is 13.2 Å². The van der Waals surface area contributed by atoms with Gasteiger partial charge in [0.25, 0.3) is 0 Å². The van der Waals surface area contributed by atoms with Crippen LogP contribution in [0.15, 0.2) is 16.6 Å². The van der Waals surface area contributed by atoms with Gasteiger partial charge in [-0.3, -0.25) is 0 Å². The molecule has 0 aliphatic carbocycles. The summed E-state index contributed by atoms with van der Waals surface area (Å²) >= 11 is 3.41. The van der Waals surface area contributed by atoms with Gasteiger partial charge in [0.15, 0.2) is 0 Å². The largest absolute Gasteiger partial charge is 0.493 e. The number of halogens is 1. The van der Waals surface area contributed by atoms with E-state index in [2.05, 4.69) is 15.9 Å². The van der Waals surface area contributed by atoms with Crippen molar-refractivity contribution in [1.29, 1.82) is 0 Å². The summed E-state index contributed by atoms with van der Waals surface area (Å²) in [5.41, 5.74) is 1.86. The number of methoxy groups -OCH3 is 1. The molecule has 0 radical (unpaired) electrons. The van der Waals surface area contributed by atoms with Crippen LogP contribution in [-0.2, 0) is 11.3 Å². The number of unbranched alkanes of at least 4 members (excludes halogenated alkanes) is 1. The van der Waals surface area contributed by atoms with E-state index in [-0.39, 0.29) is 6.61 Å². The zero-order valence-electron chi connectivity index (χ0n) is 10.3. The summed E-state index contributed by atoms with van der Waals surface area (Å²) in [7, 11) is 1.70. The first kappa shape index (κ1) is 14.5. The Morgan fingerprint density at radius 1 is 1.24 bits per heavy atom. The van der Waals surface area contributed by atoms with Crippen molar-refractivity contribution in [3.63, 3.8) is 0 Å². The third-order valence-electron chi connectivity index (χ3n) is 2.48. The zero-order valence-corrected chi connectivity index (χ0v) is 11.9. The second-order valence-corrected chi connectivity index (χ2v) is 4.83. The van der Waals surface area contributed by atoms with E-state index in [1.807, 2.05) is 19.1 Å². The SMILES string of the molecule is COCCCCOc1c(C)cc(Br)cc1CO. The minimum absolute atomic E-state index is 0.00627. The molecule has 0 unspecified atom stereocenters. The molecule has 1 aromatic rings. The molecule has 3 nitrogen and oxygen atoms in total. The monoisotopic (exact) mass is 302 g/mol. The van der Waals surface area contributed by atoms with Crippen molar-refractivity contribution < 1.29 is 14.6 Å². The van der Waals surface area contributed by atoms with Crippen molar-refractivity contribution in [2.75, 3.05) is 20.3 Å². The maximum absolute atomic E-state index is 9.29. The Bertz CT molecular complexity index is 353. The van der Waals surface area contributed by atoms with Crippen molar-refractivity contribution in [3.05, 3.63) is 27.7 Å². The number of aliphatic hydroxyl groups is 1. The summed E-state index contributed by atoms with van der Waals surface area (Å²) in [6, 6.07) is 3.88. The van der Waals surface area contributed by atoms with Crippen LogP contribution >= 0.6 is 15.9 Å². The van der Waals surface area contributed by atoms with Gasteiger partial charge in [-0.15, -0.1) is 0 Å². The number of rotatable bonds is 7. The summed E-state index contributed by atoms with van der Waals surface area (Å²) in [5.74, 6) is 0.799. The third-order valence-corrected chi connectivity index (χ3v) is 2.93. The number of hydrogen-bond acceptors (Lipinski definition) is 3. The zero-order chi connectivity index (χ0) is 12.7. The number of aryl methyl sites for hydroxylation is 1. The molecule has 0 spiro atoms. The topological polar surface area (TPSA) is 38.7 Å². The second kappa shape index (κ2) is 7.69. The molecule has 0 aromatic heterocycles. The van der Waals surface area contributed by atoms with E-state index in [9.17, 15) is 5.11 Å². The lowest BCUT2D eigenvalue weighted by atomic mass is 10.1. The van der Waals surface area contributed by atoms with Gasteiger partial charge in [-0.05, 0) is 37.5 Å². The maximum Gasteiger partial charge on any atom is 0.127 e. The van der Waals surface area contributed by atoms with Crippen molar-refractivity contribution in [1.82, 2.24) is 0 Å². The fourth-order valence-electron chi connectivity index (χ4n) is 1.65. The highest BCUT2D eigenvalue weighted by Gasteiger charge is 2.08. The van der Waals surface area contributed by atoms with Crippen molar-refractivity contribution in [2.45, 2.75) is 26.4 Å². The van der Waals surface area contributed by atoms with Crippen molar-refractivity contribution in [3.8, 4) is 5.75 Å². The summed E-state index contributed by atoms with van der Waals surface area (Å²) in [4.78, 5) is 0. The summed E-state index contributed by atoms with van der Waals surface area (Å²) < 4.78 is 11.7. The first-order valence-electron chi connectivity index (χ1n) is 5.70. The molecular formula is C13H19BrO3. The van der Waals surface area contributed by atoms with Crippen molar-refractivity contribution >= 4 is 15.9 Å².